The van der Waals surface area contributed by atoms with Gasteiger partial charge in [0.05, 0.1) is 12.2 Å². The maximum absolute atomic E-state index is 10.3. The van der Waals surface area contributed by atoms with Crippen molar-refractivity contribution in [2.75, 3.05) is 6.54 Å². The average Bonchev–Trinajstić information content (AvgIpc) is 3.16. The summed E-state index contributed by atoms with van der Waals surface area (Å²) >= 11 is 0. The van der Waals surface area contributed by atoms with Gasteiger partial charge in [-0.25, -0.2) is 0 Å². The van der Waals surface area contributed by atoms with Crippen LogP contribution in [0, 0.1) is 52.3 Å². The Hall–Kier alpha value is -0.120. The fraction of sp³-hybridized carbons (Fsp3) is 1.00. The molecule has 6 rings (SSSR count). The van der Waals surface area contributed by atoms with Crippen molar-refractivity contribution in [1.29, 1.82) is 0 Å². The fourth-order valence-corrected chi connectivity index (χ4v) is 10.4. The maximum atomic E-state index is 10.3. The number of ether oxygens (including phenoxy) is 1. The molecular formula is C27H45NO2. The van der Waals surface area contributed by atoms with Crippen LogP contribution in [0.1, 0.15) is 91.9 Å². The molecule has 12 atom stereocenters. The van der Waals surface area contributed by atoms with E-state index in [1.165, 1.54) is 51.4 Å². The van der Waals surface area contributed by atoms with E-state index in [2.05, 4.69) is 33.0 Å². The summed E-state index contributed by atoms with van der Waals surface area (Å²) in [7, 11) is 0. The van der Waals surface area contributed by atoms with Crippen molar-refractivity contribution >= 4 is 0 Å². The Morgan fingerprint density at radius 3 is 2.43 bits per heavy atom. The van der Waals surface area contributed by atoms with Crippen LogP contribution in [0.4, 0.5) is 0 Å². The topological polar surface area (TPSA) is 41.5 Å². The van der Waals surface area contributed by atoms with Crippen LogP contribution in [0.2, 0.25) is 0 Å². The molecule has 0 aromatic carbocycles. The van der Waals surface area contributed by atoms with E-state index in [9.17, 15) is 5.11 Å². The van der Waals surface area contributed by atoms with Crippen LogP contribution in [0.5, 0.6) is 0 Å². The highest BCUT2D eigenvalue weighted by molar-refractivity contribution is 5.16. The molecule has 2 heterocycles. The van der Waals surface area contributed by atoms with Gasteiger partial charge in [-0.3, -0.25) is 5.32 Å². The van der Waals surface area contributed by atoms with Crippen molar-refractivity contribution in [1.82, 2.24) is 5.32 Å². The molecule has 0 bridgehead atoms. The standard InChI is InChI=1S/C27H45NO2/c1-16-7-12-27(28-15-16)17(2)24-23(30-27)14-22-20-6-5-18-13-19(29)8-10-25(18,3)21(20)9-11-26(22,24)4/h16-24,28-29H,5-15H2,1-4H3/t16?,17?,18-,19?,20?,21?,22?,23?,24?,25?,26?,27?/m0/s1. The lowest BCUT2D eigenvalue weighted by Gasteiger charge is -2.61. The molecule has 170 valence electrons. The maximum Gasteiger partial charge on any atom is 0.122 e. The zero-order valence-electron chi connectivity index (χ0n) is 19.8. The van der Waals surface area contributed by atoms with E-state index >= 15 is 0 Å². The second kappa shape index (κ2) is 6.70. The number of rotatable bonds is 0. The first-order valence-electron chi connectivity index (χ1n) is 13.4. The predicted octanol–water partition coefficient (Wildman–Crippen LogP) is 5.37. The monoisotopic (exact) mass is 415 g/mol. The van der Waals surface area contributed by atoms with Gasteiger partial charge in [-0.05, 0) is 111 Å². The summed E-state index contributed by atoms with van der Waals surface area (Å²) < 4.78 is 7.01. The highest BCUT2D eigenvalue weighted by atomic mass is 16.5. The van der Waals surface area contributed by atoms with Crippen LogP contribution in [0.25, 0.3) is 0 Å². The number of fused-ring (bicyclic) bond motifs is 7. The summed E-state index contributed by atoms with van der Waals surface area (Å²) in [6.45, 7) is 11.3. The summed E-state index contributed by atoms with van der Waals surface area (Å²) in [6.07, 6.45) is 13.2. The lowest BCUT2D eigenvalue weighted by molar-refractivity contribution is -0.140. The molecule has 0 aromatic rings. The smallest absolute Gasteiger partial charge is 0.122 e. The number of aliphatic hydroxyl groups is 1. The fourth-order valence-electron chi connectivity index (χ4n) is 10.4. The molecule has 30 heavy (non-hydrogen) atoms. The lowest BCUT2D eigenvalue weighted by atomic mass is 9.44. The molecule has 4 aliphatic carbocycles. The molecule has 2 saturated heterocycles. The van der Waals surface area contributed by atoms with E-state index < -0.39 is 0 Å². The van der Waals surface area contributed by atoms with Crippen LogP contribution >= 0.6 is 0 Å². The van der Waals surface area contributed by atoms with Crippen LogP contribution < -0.4 is 5.32 Å². The van der Waals surface area contributed by atoms with Crippen molar-refractivity contribution in [2.24, 2.45) is 52.3 Å². The summed E-state index contributed by atoms with van der Waals surface area (Å²) in [5, 5.41) is 14.2. The normalized spacial score (nSPS) is 62.5. The Morgan fingerprint density at radius 2 is 1.67 bits per heavy atom. The van der Waals surface area contributed by atoms with E-state index in [0.717, 1.165) is 54.9 Å². The largest absolute Gasteiger partial charge is 0.393 e. The summed E-state index contributed by atoms with van der Waals surface area (Å²) in [5.41, 5.74) is 0.919. The Labute approximate surface area is 184 Å². The first-order valence-corrected chi connectivity index (χ1v) is 13.4. The molecule has 0 aromatic heterocycles. The molecule has 0 radical (unpaired) electrons. The van der Waals surface area contributed by atoms with Gasteiger partial charge in [0, 0.05) is 12.5 Å². The number of aliphatic hydroxyl groups excluding tert-OH is 1. The number of nitrogens with one attached hydrogen (secondary N) is 1. The van der Waals surface area contributed by atoms with Gasteiger partial charge in [0.2, 0.25) is 0 Å². The second-order valence-corrected chi connectivity index (χ2v) is 13.3. The van der Waals surface area contributed by atoms with Crippen molar-refractivity contribution in [3.05, 3.63) is 0 Å². The Balaban J connectivity index is 1.26. The zero-order chi connectivity index (χ0) is 20.9. The van der Waals surface area contributed by atoms with Gasteiger partial charge < -0.3 is 9.84 Å². The third-order valence-electron chi connectivity index (χ3n) is 12.1. The van der Waals surface area contributed by atoms with E-state index in [1.54, 1.807) is 0 Å². The van der Waals surface area contributed by atoms with E-state index in [0.29, 0.717) is 22.9 Å². The minimum Gasteiger partial charge on any atom is -0.393 e. The van der Waals surface area contributed by atoms with Crippen LogP contribution in [-0.2, 0) is 4.74 Å². The average molecular weight is 416 g/mol. The molecule has 11 unspecified atom stereocenters. The molecule has 2 aliphatic heterocycles. The van der Waals surface area contributed by atoms with E-state index in [1.807, 2.05) is 0 Å². The van der Waals surface area contributed by atoms with Gasteiger partial charge in [0.25, 0.3) is 0 Å². The quantitative estimate of drug-likeness (QED) is 0.559. The van der Waals surface area contributed by atoms with Crippen molar-refractivity contribution in [3.8, 4) is 0 Å². The molecule has 4 saturated carbocycles. The van der Waals surface area contributed by atoms with Crippen molar-refractivity contribution in [2.45, 2.75) is 110 Å². The molecule has 3 nitrogen and oxygen atoms in total. The van der Waals surface area contributed by atoms with Gasteiger partial charge in [-0.15, -0.1) is 0 Å². The number of hydrogen-bond donors (Lipinski definition) is 2. The van der Waals surface area contributed by atoms with Gasteiger partial charge in [0.15, 0.2) is 0 Å². The third kappa shape index (κ3) is 2.61. The summed E-state index contributed by atoms with van der Waals surface area (Å²) in [5.74, 6) is 5.57. The minimum atomic E-state index is -0.0320. The first-order chi connectivity index (χ1) is 14.3. The molecule has 2 N–H and O–H groups in total. The van der Waals surface area contributed by atoms with Crippen LogP contribution in [0.3, 0.4) is 0 Å². The molecule has 3 heteroatoms. The molecular weight excluding hydrogens is 370 g/mol. The Kier molecular flexibility index (Phi) is 4.58. The van der Waals surface area contributed by atoms with Crippen molar-refractivity contribution < 1.29 is 9.84 Å². The summed E-state index contributed by atoms with van der Waals surface area (Å²) in [4.78, 5) is 0. The van der Waals surface area contributed by atoms with Crippen molar-refractivity contribution in [3.63, 3.8) is 0 Å². The number of piperidine rings is 1. The second-order valence-electron chi connectivity index (χ2n) is 13.3. The molecule has 6 aliphatic rings. The lowest BCUT2D eigenvalue weighted by Crippen LogP contribution is -2.57. The van der Waals surface area contributed by atoms with E-state index in [4.69, 9.17) is 4.74 Å². The summed E-state index contributed by atoms with van der Waals surface area (Å²) in [6, 6.07) is 0. The zero-order valence-corrected chi connectivity index (χ0v) is 19.8. The predicted molar refractivity (Wildman–Crippen MR) is 120 cm³/mol. The van der Waals surface area contributed by atoms with Crippen LogP contribution in [-0.4, -0.2) is 29.6 Å². The Morgan fingerprint density at radius 1 is 0.867 bits per heavy atom. The first kappa shape index (κ1) is 20.5. The minimum absolute atomic E-state index is 0.0319. The highest BCUT2D eigenvalue weighted by Gasteiger charge is 2.68. The third-order valence-corrected chi connectivity index (χ3v) is 12.1. The van der Waals surface area contributed by atoms with Crippen LogP contribution in [0.15, 0.2) is 0 Å². The van der Waals surface area contributed by atoms with Gasteiger partial charge in [0.1, 0.15) is 5.72 Å². The Bertz CT molecular complexity index is 686. The van der Waals surface area contributed by atoms with Gasteiger partial charge >= 0.3 is 0 Å². The highest BCUT2D eigenvalue weighted by Crippen LogP contribution is 2.71. The molecule has 1 spiro atoms. The van der Waals surface area contributed by atoms with E-state index in [-0.39, 0.29) is 11.8 Å². The van der Waals surface area contributed by atoms with Gasteiger partial charge in [-0.1, -0.05) is 27.7 Å². The van der Waals surface area contributed by atoms with Gasteiger partial charge in [-0.2, -0.15) is 0 Å². The number of hydrogen-bond acceptors (Lipinski definition) is 3. The molecule has 0 amide bonds. The molecule has 6 fully saturated rings. The SMILES string of the molecule is CC1CCC2(NC1)OC1CC3C4CC[C@H]5CC(O)CCC5(C)C4CCC3(C)C1C2C.